The fourth-order valence-corrected chi connectivity index (χ4v) is 4.09. The van der Waals surface area contributed by atoms with Crippen molar-refractivity contribution in [1.82, 2.24) is 10.0 Å². The SMILES string of the molecule is O=C(CCNS(=O)(=O)c1ccccc1)NC1(C(=O)O)CCCCCC1. The Morgan fingerprint density at radius 2 is 1.64 bits per heavy atom. The van der Waals surface area contributed by atoms with Crippen molar-refractivity contribution in [2.45, 2.75) is 55.4 Å². The molecule has 1 aliphatic rings. The summed E-state index contributed by atoms with van der Waals surface area (Å²) in [6.07, 6.45) is 4.14. The molecule has 1 aromatic rings. The van der Waals surface area contributed by atoms with Crippen LogP contribution in [0.4, 0.5) is 0 Å². The molecule has 0 bridgehead atoms. The van der Waals surface area contributed by atoms with Gasteiger partial charge >= 0.3 is 5.97 Å². The van der Waals surface area contributed by atoms with Gasteiger partial charge in [0.05, 0.1) is 4.90 Å². The summed E-state index contributed by atoms with van der Waals surface area (Å²) in [7, 11) is -3.67. The van der Waals surface area contributed by atoms with E-state index >= 15 is 0 Å². The van der Waals surface area contributed by atoms with Gasteiger partial charge in [-0.25, -0.2) is 17.9 Å². The maximum Gasteiger partial charge on any atom is 0.329 e. The molecule has 0 unspecified atom stereocenters. The maximum atomic E-state index is 12.1. The number of hydrogen-bond acceptors (Lipinski definition) is 4. The Bertz CT molecular complexity index is 695. The lowest BCUT2D eigenvalue weighted by Crippen LogP contribution is -2.54. The molecular formula is C17H24N2O5S. The van der Waals surface area contributed by atoms with Crippen LogP contribution >= 0.6 is 0 Å². The van der Waals surface area contributed by atoms with E-state index in [-0.39, 0.29) is 17.9 Å². The maximum absolute atomic E-state index is 12.1. The molecule has 1 saturated carbocycles. The molecule has 0 atom stereocenters. The van der Waals surface area contributed by atoms with Crippen molar-refractivity contribution in [1.29, 1.82) is 0 Å². The number of carbonyl (C=O) groups excluding carboxylic acids is 1. The fraction of sp³-hybridized carbons (Fsp3) is 0.529. The lowest BCUT2D eigenvalue weighted by Gasteiger charge is -2.29. The first-order chi connectivity index (χ1) is 11.9. The molecular weight excluding hydrogens is 344 g/mol. The van der Waals surface area contributed by atoms with Gasteiger partial charge in [-0.15, -0.1) is 0 Å². The fourth-order valence-electron chi connectivity index (χ4n) is 3.04. The zero-order chi connectivity index (χ0) is 18.3. The summed E-state index contributed by atoms with van der Waals surface area (Å²) < 4.78 is 26.5. The van der Waals surface area contributed by atoms with Crippen LogP contribution in [-0.4, -0.2) is 37.5 Å². The number of carboxylic acids is 1. The van der Waals surface area contributed by atoms with Gasteiger partial charge in [-0.3, -0.25) is 4.79 Å². The van der Waals surface area contributed by atoms with Crippen LogP contribution in [-0.2, 0) is 19.6 Å². The van der Waals surface area contributed by atoms with Crippen molar-refractivity contribution in [3.63, 3.8) is 0 Å². The summed E-state index contributed by atoms with van der Waals surface area (Å²) in [5.74, 6) is -1.48. The molecule has 1 amide bonds. The number of hydrogen-bond donors (Lipinski definition) is 3. The van der Waals surface area contributed by atoms with Crippen LogP contribution in [0.3, 0.4) is 0 Å². The van der Waals surface area contributed by atoms with Gasteiger partial charge in [-0.1, -0.05) is 43.9 Å². The second-order valence-corrected chi connectivity index (χ2v) is 8.08. The van der Waals surface area contributed by atoms with Gasteiger partial charge in [-0.05, 0) is 25.0 Å². The van der Waals surface area contributed by atoms with Gasteiger partial charge in [0.25, 0.3) is 0 Å². The average Bonchev–Trinajstić information content (AvgIpc) is 2.82. The Labute approximate surface area is 147 Å². The number of benzene rings is 1. The Balaban J connectivity index is 1.90. The number of rotatable bonds is 7. The summed E-state index contributed by atoms with van der Waals surface area (Å²) in [6, 6.07) is 7.87. The van der Waals surface area contributed by atoms with Crippen molar-refractivity contribution < 1.29 is 23.1 Å². The smallest absolute Gasteiger partial charge is 0.329 e. The van der Waals surface area contributed by atoms with E-state index in [1.54, 1.807) is 18.2 Å². The van der Waals surface area contributed by atoms with Crippen LogP contribution in [0.2, 0.25) is 0 Å². The van der Waals surface area contributed by atoms with Crippen LogP contribution in [0.1, 0.15) is 44.9 Å². The van der Waals surface area contributed by atoms with Crippen LogP contribution in [0.5, 0.6) is 0 Å². The number of carboxylic acid groups (broad SMARTS) is 1. The van der Waals surface area contributed by atoms with Crippen LogP contribution in [0.25, 0.3) is 0 Å². The highest BCUT2D eigenvalue weighted by Crippen LogP contribution is 2.27. The third kappa shape index (κ3) is 5.27. The summed E-state index contributed by atoms with van der Waals surface area (Å²) in [6.45, 7) is -0.0846. The van der Waals surface area contributed by atoms with Gasteiger partial charge in [0.15, 0.2) is 0 Å². The molecule has 1 fully saturated rings. The molecule has 25 heavy (non-hydrogen) atoms. The first kappa shape index (κ1) is 19.4. The van der Waals surface area contributed by atoms with Crippen LogP contribution < -0.4 is 10.0 Å². The molecule has 0 spiro atoms. The predicted octanol–water partition coefficient (Wildman–Crippen LogP) is 1.65. The van der Waals surface area contributed by atoms with Gasteiger partial charge in [0.2, 0.25) is 15.9 Å². The van der Waals surface area contributed by atoms with E-state index in [0.717, 1.165) is 25.7 Å². The number of nitrogens with one attached hydrogen (secondary N) is 2. The van der Waals surface area contributed by atoms with Crippen molar-refractivity contribution in [2.24, 2.45) is 0 Å². The highest BCUT2D eigenvalue weighted by atomic mass is 32.2. The highest BCUT2D eigenvalue weighted by molar-refractivity contribution is 7.89. The van der Waals surface area contributed by atoms with E-state index in [2.05, 4.69) is 10.0 Å². The minimum absolute atomic E-state index is 0.0846. The third-order valence-corrected chi connectivity index (χ3v) is 5.92. The van der Waals surface area contributed by atoms with E-state index < -0.39 is 27.4 Å². The molecule has 1 aromatic carbocycles. The Kier molecular flexibility index (Phi) is 6.55. The van der Waals surface area contributed by atoms with Gasteiger partial charge < -0.3 is 10.4 Å². The van der Waals surface area contributed by atoms with Crippen molar-refractivity contribution in [2.75, 3.05) is 6.54 Å². The van der Waals surface area contributed by atoms with Gasteiger partial charge in [-0.2, -0.15) is 0 Å². The van der Waals surface area contributed by atoms with E-state index in [9.17, 15) is 23.1 Å². The molecule has 1 aliphatic carbocycles. The second-order valence-electron chi connectivity index (χ2n) is 6.31. The highest BCUT2D eigenvalue weighted by Gasteiger charge is 2.39. The zero-order valence-corrected chi connectivity index (χ0v) is 14.8. The zero-order valence-electron chi connectivity index (χ0n) is 14.0. The molecule has 0 saturated heterocycles. The molecule has 7 nitrogen and oxygen atoms in total. The topological polar surface area (TPSA) is 113 Å². The molecule has 0 heterocycles. The van der Waals surface area contributed by atoms with E-state index in [0.29, 0.717) is 12.8 Å². The monoisotopic (exact) mass is 368 g/mol. The van der Waals surface area contributed by atoms with Crippen molar-refractivity contribution in [3.8, 4) is 0 Å². The molecule has 3 N–H and O–H groups in total. The predicted molar refractivity (Wildman–Crippen MR) is 92.5 cm³/mol. The normalized spacial score (nSPS) is 17.4. The number of sulfonamides is 1. The lowest BCUT2D eigenvalue weighted by atomic mass is 9.90. The Morgan fingerprint density at radius 1 is 1.04 bits per heavy atom. The van der Waals surface area contributed by atoms with Crippen molar-refractivity contribution in [3.05, 3.63) is 30.3 Å². The first-order valence-electron chi connectivity index (χ1n) is 8.45. The average molecular weight is 368 g/mol. The largest absolute Gasteiger partial charge is 0.480 e. The standard InChI is InChI=1S/C17H24N2O5S/c20-15(19-17(16(21)22)11-6-1-2-7-12-17)10-13-18-25(23,24)14-8-4-3-5-9-14/h3-5,8-9,18H,1-2,6-7,10-13H2,(H,19,20)(H,21,22). The molecule has 2 rings (SSSR count). The van der Waals surface area contributed by atoms with Crippen LogP contribution in [0, 0.1) is 0 Å². The molecule has 0 aromatic heterocycles. The Hall–Kier alpha value is -1.93. The molecule has 0 aliphatic heterocycles. The van der Waals surface area contributed by atoms with Crippen LogP contribution in [0.15, 0.2) is 35.2 Å². The Morgan fingerprint density at radius 3 is 2.20 bits per heavy atom. The summed E-state index contributed by atoms with van der Waals surface area (Å²) in [5, 5.41) is 12.2. The van der Waals surface area contributed by atoms with Crippen molar-refractivity contribution >= 4 is 21.9 Å². The second kappa shape index (κ2) is 8.44. The minimum atomic E-state index is -3.67. The van der Waals surface area contributed by atoms with E-state index in [1.807, 2.05) is 0 Å². The lowest BCUT2D eigenvalue weighted by molar-refractivity contribution is -0.148. The van der Waals surface area contributed by atoms with Gasteiger partial charge in [0.1, 0.15) is 5.54 Å². The summed E-state index contributed by atoms with van der Waals surface area (Å²) >= 11 is 0. The third-order valence-electron chi connectivity index (χ3n) is 4.44. The minimum Gasteiger partial charge on any atom is -0.480 e. The molecule has 138 valence electrons. The quantitative estimate of drug-likeness (QED) is 0.634. The molecule has 0 radical (unpaired) electrons. The van der Waals surface area contributed by atoms with Gasteiger partial charge in [0, 0.05) is 13.0 Å². The summed E-state index contributed by atoms with van der Waals surface area (Å²) in [5.41, 5.74) is -1.23. The first-order valence-corrected chi connectivity index (χ1v) is 9.93. The molecule has 8 heteroatoms. The van der Waals surface area contributed by atoms with E-state index in [1.165, 1.54) is 12.1 Å². The number of amides is 1. The number of aliphatic carboxylic acids is 1. The number of carbonyl (C=O) groups is 2. The summed E-state index contributed by atoms with van der Waals surface area (Å²) in [4.78, 5) is 23.9. The van der Waals surface area contributed by atoms with E-state index in [4.69, 9.17) is 0 Å².